The average Bonchev–Trinajstić information content (AvgIpc) is 2.70. The fourth-order valence-corrected chi connectivity index (χ4v) is 1.76. The molecule has 0 aliphatic heterocycles. The van der Waals surface area contributed by atoms with E-state index in [0.29, 0.717) is 17.9 Å². The topological polar surface area (TPSA) is 55.5 Å². The SMILES string of the molecule is O=C=Nc1cnoc1Cc1ccccc1Br. The summed E-state index contributed by atoms with van der Waals surface area (Å²) in [7, 11) is 0. The molecule has 0 N–H and O–H groups in total. The molecule has 0 aliphatic carbocycles. The van der Waals surface area contributed by atoms with Gasteiger partial charge in [0.1, 0.15) is 5.69 Å². The highest BCUT2D eigenvalue weighted by Gasteiger charge is 2.09. The van der Waals surface area contributed by atoms with Gasteiger partial charge < -0.3 is 4.52 Å². The van der Waals surface area contributed by atoms with Gasteiger partial charge in [-0.15, -0.1) is 0 Å². The van der Waals surface area contributed by atoms with E-state index in [4.69, 9.17) is 4.52 Å². The van der Waals surface area contributed by atoms with E-state index < -0.39 is 0 Å². The number of hydrogen-bond donors (Lipinski definition) is 0. The Morgan fingerprint density at radius 2 is 2.25 bits per heavy atom. The first-order valence-electron chi connectivity index (χ1n) is 4.56. The molecule has 1 heterocycles. The van der Waals surface area contributed by atoms with Gasteiger partial charge in [-0.2, -0.15) is 4.99 Å². The van der Waals surface area contributed by atoms with Crippen LogP contribution in [-0.4, -0.2) is 11.2 Å². The Bertz CT molecular complexity index is 544. The third-order valence-corrected chi connectivity index (χ3v) is 2.87. The molecule has 0 atom stereocenters. The van der Waals surface area contributed by atoms with E-state index in [1.807, 2.05) is 24.3 Å². The fraction of sp³-hybridized carbons (Fsp3) is 0.0909. The molecule has 0 saturated carbocycles. The summed E-state index contributed by atoms with van der Waals surface area (Å²) < 4.78 is 6.01. The largest absolute Gasteiger partial charge is 0.359 e. The van der Waals surface area contributed by atoms with Crippen LogP contribution in [0.15, 0.2) is 44.5 Å². The maximum atomic E-state index is 10.2. The second-order valence-corrected chi connectivity index (χ2v) is 3.96. The molecule has 0 amide bonds. The zero-order valence-electron chi connectivity index (χ0n) is 8.18. The fourth-order valence-electron chi connectivity index (χ4n) is 1.34. The summed E-state index contributed by atoms with van der Waals surface area (Å²) in [6, 6.07) is 7.76. The third-order valence-electron chi connectivity index (χ3n) is 2.10. The Hall–Kier alpha value is -1.71. The molecular weight excluding hydrogens is 272 g/mol. The molecule has 0 saturated heterocycles. The molecule has 16 heavy (non-hydrogen) atoms. The van der Waals surface area contributed by atoms with Crippen LogP contribution in [0.3, 0.4) is 0 Å². The van der Waals surface area contributed by atoms with Crippen LogP contribution < -0.4 is 0 Å². The van der Waals surface area contributed by atoms with Crippen molar-refractivity contribution in [3.8, 4) is 0 Å². The molecule has 0 unspecified atom stereocenters. The normalized spacial score (nSPS) is 9.81. The number of isocyanates is 1. The van der Waals surface area contributed by atoms with Crippen molar-refractivity contribution in [1.29, 1.82) is 0 Å². The maximum Gasteiger partial charge on any atom is 0.240 e. The smallest absolute Gasteiger partial charge is 0.240 e. The third kappa shape index (κ3) is 2.27. The van der Waals surface area contributed by atoms with E-state index in [2.05, 4.69) is 26.1 Å². The number of hydrogen-bond acceptors (Lipinski definition) is 4. The Morgan fingerprint density at radius 3 is 3.00 bits per heavy atom. The molecule has 4 nitrogen and oxygen atoms in total. The van der Waals surface area contributed by atoms with Crippen LogP contribution in [0.4, 0.5) is 5.69 Å². The summed E-state index contributed by atoms with van der Waals surface area (Å²) in [6.45, 7) is 0. The van der Waals surface area contributed by atoms with Crippen LogP contribution in [-0.2, 0) is 11.2 Å². The Kier molecular flexibility index (Phi) is 3.29. The predicted octanol–water partition coefficient (Wildman–Crippen LogP) is 3.00. The van der Waals surface area contributed by atoms with E-state index >= 15 is 0 Å². The highest BCUT2D eigenvalue weighted by Crippen LogP contribution is 2.24. The van der Waals surface area contributed by atoms with Crippen molar-refractivity contribution >= 4 is 27.7 Å². The molecule has 0 fully saturated rings. The first-order valence-corrected chi connectivity index (χ1v) is 5.35. The van der Waals surface area contributed by atoms with Crippen molar-refractivity contribution in [2.75, 3.05) is 0 Å². The summed E-state index contributed by atoms with van der Waals surface area (Å²) in [6.07, 6.45) is 3.40. The number of carbonyl (C=O) groups excluding carboxylic acids is 1. The molecule has 1 aromatic carbocycles. The zero-order chi connectivity index (χ0) is 11.4. The van der Waals surface area contributed by atoms with Gasteiger partial charge in [-0.05, 0) is 11.6 Å². The number of aromatic nitrogens is 1. The predicted molar refractivity (Wildman–Crippen MR) is 61.2 cm³/mol. The Morgan fingerprint density at radius 1 is 1.44 bits per heavy atom. The van der Waals surface area contributed by atoms with Crippen LogP contribution in [0.1, 0.15) is 11.3 Å². The van der Waals surface area contributed by atoms with Crippen molar-refractivity contribution in [2.45, 2.75) is 6.42 Å². The molecule has 1 aromatic heterocycles. The molecule has 5 heteroatoms. The average molecular weight is 279 g/mol. The van der Waals surface area contributed by atoms with Gasteiger partial charge in [0.25, 0.3) is 0 Å². The van der Waals surface area contributed by atoms with Crippen LogP contribution in [0.2, 0.25) is 0 Å². The molecular formula is C11H7BrN2O2. The molecule has 2 aromatic rings. The van der Waals surface area contributed by atoms with Gasteiger partial charge in [0, 0.05) is 10.9 Å². The minimum atomic E-state index is 0.422. The first-order chi connectivity index (χ1) is 7.81. The van der Waals surface area contributed by atoms with Gasteiger partial charge >= 0.3 is 0 Å². The lowest BCUT2D eigenvalue weighted by Crippen LogP contribution is -1.87. The molecule has 80 valence electrons. The van der Waals surface area contributed by atoms with Gasteiger partial charge in [-0.3, -0.25) is 0 Å². The number of nitrogens with zero attached hydrogens (tertiary/aromatic N) is 2. The maximum absolute atomic E-state index is 10.2. The summed E-state index contributed by atoms with van der Waals surface area (Å²) >= 11 is 3.44. The standard InChI is InChI=1S/C11H7BrN2O2/c12-9-4-2-1-3-8(9)5-11-10(13-7-15)6-14-16-11/h1-4,6H,5H2. The lowest BCUT2D eigenvalue weighted by Gasteiger charge is -2.00. The second-order valence-electron chi connectivity index (χ2n) is 3.11. The van der Waals surface area contributed by atoms with Crippen LogP contribution in [0.25, 0.3) is 0 Å². The minimum Gasteiger partial charge on any atom is -0.359 e. The lowest BCUT2D eigenvalue weighted by atomic mass is 10.1. The molecule has 2 rings (SSSR count). The van der Waals surface area contributed by atoms with E-state index in [1.54, 1.807) is 0 Å². The summed E-state index contributed by atoms with van der Waals surface area (Å²) in [5.74, 6) is 0.551. The molecule has 0 aliphatic rings. The lowest BCUT2D eigenvalue weighted by molar-refractivity contribution is 0.390. The van der Waals surface area contributed by atoms with Crippen LogP contribution in [0, 0.1) is 0 Å². The number of aliphatic imine (C=N–C) groups is 1. The summed E-state index contributed by atoms with van der Waals surface area (Å²) in [4.78, 5) is 13.7. The highest BCUT2D eigenvalue weighted by atomic mass is 79.9. The zero-order valence-corrected chi connectivity index (χ0v) is 9.77. The van der Waals surface area contributed by atoms with Gasteiger partial charge in [0.15, 0.2) is 5.76 Å². The summed E-state index contributed by atoms with van der Waals surface area (Å²) in [5.41, 5.74) is 1.47. The Labute approximate surface area is 100 Å². The van der Waals surface area contributed by atoms with E-state index in [0.717, 1.165) is 10.0 Å². The second kappa shape index (κ2) is 4.88. The van der Waals surface area contributed by atoms with Crippen molar-refractivity contribution in [3.63, 3.8) is 0 Å². The molecule has 0 spiro atoms. The van der Waals surface area contributed by atoms with E-state index in [1.165, 1.54) is 12.3 Å². The number of benzene rings is 1. The Balaban J connectivity index is 2.30. The summed E-state index contributed by atoms with van der Waals surface area (Å²) in [5, 5.41) is 3.60. The monoisotopic (exact) mass is 278 g/mol. The molecule has 0 bridgehead atoms. The minimum absolute atomic E-state index is 0.422. The van der Waals surface area contributed by atoms with Gasteiger partial charge in [-0.25, -0.2) is 4.79 Å². The van der Waals surface area contributed by atoms with Crippen LogP contribution in [0.5, 0.6) is 0 Å². The van der Waals surface area contributed by atoms with Gasteiger partial charge in [-0.1, -0.05) is 39.3 Å². The first kappa shape index (κ1) is 10.8. The highest BCUT2D eigenvalue weighted by molar-refractivity contribution is 9.10. The van der Waals surface area contributed by atoms with Crippen molar-refractivity contribution < 1.29 is 9.32 Å². The van der Waals surface area contributed by atoms with Crippen molar-refractivity contribution in [1.82, 2.24) is 5.16 Å². The quantitative estimate of drug-likeness (QED) is 0.641. The van der Waals surface area contributed by atoms with Crippen molar-refractivity contribution in [2.24, 2.45) is 4.99 Å². The van der Waals surface area contributed by atoms with Crippen LogP contribution >= 0.6 is 15.9 Å². The van der Waals surface area contributed by atoms with Gasteiger partial charge in [0.2, 0.25) is 6.08 Å². The van der Waals surface area contributed by atoms with Crippen molar-refractivity contribution in [3.05, 3.63) is 46.3 Å². The number of halogens is 1. The number of rotatable bonds is 3. The van der Waals surface area contributed by atoms with Gasteiger partial charge in [0.05, 0.1) is 6.20 Å². The van der Waals surface area contributed by atoms with E-state index in [-0.39, 0.29) is 0 Å². The van der Waals surface area contributed by atoms with E-state index in [9.17, 15) is 4.79 Å². The molecule has 0 radical (unpaired) electrons.